The van der Waals surface area contributed by atoms with E-state index < -0.39 is 11.6 Å². The Morgan fingerprint density at radius 3 is 2.50 bits per heavy atom. The second-order valence-electron chi connectivity index (χ2n) is 9.31. The maximum absolute atomic E-state index is 13.6. The summed E-state index contributed by atoms with van der Waals surface area (Å²) in [5.74, 6) is 1.26. The Balaban J connectivity index is 1.23. The smallest absolute Gasteiger partial charge is 0.325 e. The van der Waals surface area contributed by atoms with Crippen LogP contribution in [0.1, 0.15) is 31.7 Å². The lowest BCUT2D eigenvalue weighted by atomic mass is 9.75. The van der Waals surface area contributed by atoms with Gasteiger partial charge in [-0.25, -0.2) is 4.79 Å². The minimum atomic E-state index is -0.860. The Labute approximate surface area is 205 Å². The fourth-order valence-corrected chi connectivity index (χ4v) is 5.62. The van der Waals surface area contributed by atoms with Crippen molar-refractivity contribution in [2.75, 3.05) is 26.2 Å². The highest BCUT2D eigenvalue weighted by Gasteiger charge is 2.55. The fourth-order valence-electron chi connectivity index (χ4n) is 5.42. The Morgan fingerprint density at radius 1 is 1.06 bits per heavy atom. The molecule has 0 radical (unpaired) electrons. The molecule has 8 heteroatoms. The first-order valence-electron chi connectivity index (χ1n) is 12.0. The summed E-state index contributed by atoms with van der Waals surface area (Å²) in [5.41, 5.74) is 0.251. The summed E-state index contributed by atoms with van der Waals surface area (Å²) >= 11 is 6.34. The van der Waals surface area contributed by atoms with Gasteiger partial charge in [0.05, 0.1) is 6.54 Å². The first-order valence-corrected chi connectivity index (χ1v) is 12.4. The van der Waals surface area contributed by atoms with Gasteiger partial charge in [0.15, 0.2) is 17.6 Å². The fraction of sp³-hybridized carbons (Fsp3) is 0.462. The van der Waals surface area contributed by atoms with Crippen LogP contribution in [0, 0.1) is 5.92 Å². The number of likely N-dealkylation sites (tertiary alicyclic amines) is 1. The third-order valence-corrected chi connectivity index (χ3v) is 7.72. The van der Waals surface area contributed by atoms with Crippen molar-refractivity contribution in [1.29, 1.82) is 0 Å². The zero-order valence-electron chi connectivity index (χ0n) is 19.3. The number of hydrogen-bond donors (Lipinski definition) is 1. The topological polar surface area (TPSA) is 71.1 Å². The summed E-state index contributed by atoms with van der Waals surface area (Å²) in [5, 5.41) is 3.85. The molecule has 1 N–H and O–H groups in total. The van der Waals surface area contributed by atoms with Crippen LogP contribution in [0.15, 0.2) is 48.5 Å². The van der Waals surface area contributed by atoms with E-state index in [1.807, 2.05) is 49.4 Å². The normalized spacial score (nSPS) is 25.5. The Morgan fingerprint density at radius 2 is 1.76 bits per heavy atom. The molecule has 2 aromatic rings. The molecule has 0 saturated carbocycles. The number of nitrogens with one attached hydrogen (secondary N) is 1. The number of amides is 3. The largest absolute Gasteiger partial charge is 0.486 e. The number of imide groups is 1. The molecule has 0 aliphatic carbocycles. The standard InChI is InChI=1S/C26H30ClN3O4/c1-2-26(19-11-13-29(14-12-19)15-18-7-3-4-8-21(18)27)24(31)30(25(32)28-26)16-20-17-33-22-9-5-6-10-23(22)34-20/h3-10,19-20H,2,11-17H2,1H3,(H,28,32). The van der Waals surface area contributed by atoms with E-state index >= 15 is 0 Å². The molecule has 2 fully saturated rings. The van der Waals surface area contributed by atoms with Gasteiger partial charge in [0.25, 0.3) is 5.91 Å². The number of urea groups is 1. The molecule has 180 valence electrons. The summed E-state index contributed by atoms with van der Waals surface area (Å²) < 4.78 is 11.8. The average molecular weight is 484 g/mol. The third kappa shape index (κ3) is 4.23. The Bertz CT molecular complexity index is 1070. The highest BCUT2D eigenvalue weighted by atomic mass is 35.5. The predicted molar refractivity (Wildman–Crippen MR) is 129 cm³/mol. The van der Waals surface area contributed by atoms with E-state index in [1.165, 1.54) is 4.90 Å². The molecular formula is C26H30ClN3O4. The Hall–Kier alpha value is -2.77. The van der Waals surface area contributed by atoms with Gasteiger partial charge in [-0.05, 0) is 62.0 Å². The SMILES string of the molecule is CCC1(C2CCN(Cc3ccccc3Cl)CC2)NC(=O)N(CC2COc3ccccc3O2)C1=O. The average Bonchev–Trinajstić information content (AvgIpc) is 3.11. The van der Waals surface area contributed by atoms with Crippen LogP contribution in [-0.4, -0.2) is 59.6 Å². The highest BCUT2D eigenvalue weighted by Crippen LogP contribution is 2.37. The molecule has 3 aliphatic rings. The Kier molecular flexibility index (Phi) is 6.40. The van der Waals surface area contributed by atoms with Crippen molar-refractivity contribution < 1.29 is 19.1 Å². The molecule has 34 heavy (non-hydrogen) atoms. The highest BCUT2D eigenvalue weighted by molar-refractivity contribution is 6.31. The zero-order chi connectivity index (χ0) is 23.7. The summed E-state index contributed by atoms with van der Waals surface area (Å²) in [4.78, 5) is 30.2. The van der Waals surface area contributed by atoms with Crippen LogP contribution in [0.2, 0.25) is 5.02 Å². The van der Waals surface area contributed by atoms with E-state index in [9.17, 15) is 9.59 Å². The molecule has 2 unspecified atom stereocenters. The molecule has 0 bridgehead atoms. The van der Waals surface area contributed by atoms with E-state index in [-0.39, 0.29) is 24.4 Å². The van der Waals surface area contributed by atoms with Crippen LogP contribution in [0.4, 0.5) is 4.79 Å². The molecular weight excluding hydrogens is 454 g/mol. The molecule has 5 rings (SSSR count). The summed E-state index contributed by atoms with van der Waals surface area (Å²) in [6.45, 7) is 4.96. The van der Waals surface area contributed by atoms with Crippen molar-refractivity contribution in [3.05, 3.63) is 59.1 Å². The van der Waals surface area contributed by atoms with Gasteiger partial charge in [-0.15, -0.1) is 0 Å². The number of para-hydroxylation sites is 2. The first-order chi connectivity index (χ1) is 16.5. The van der Waals surface area contributed by atoms with E-state index in [0.29, 0.717) is 24.5 Å². The van der Waals surface area contributed by atoms with Crippen LogP contribution >= 0.6 is 11.6 Å². The lowest BCUT2D eigenvalue weighted by Crippen LogP contribution is -2.56. The molecule has 0 aromatic heterocycles. The van der Waals surface area contributed by atoms with Crippen molar-refractivity contribution in [2.24, 2.45) is 5.92 Å². The van der Waals surface area contributed by atoms with Gasteiger partial charge >= 0.3 is 6.03 Å². The van der Waals surface area contributed by atoms with Gasteiger partial charge in [-0.1, -0.05) is 48.9 Å². The van der Waals surface area contributed by atoms with Gasteiger partial charge in [0.1, 0.15) is 12.1 Å². The van der Waals surface area contributed by atoms with Gasteiger partial charge in [-0.3, -0.25) is 14.6 Å². The van der Waals surface area contributed by atoms with Gasteiger partial charge in [0.2, 0.25) is 0 Å². The van der Waals surface area contributed by atoms with E-state index in [1.54, 1.807) is 0 Å². The monoisotopic (exact) mass is 483 g/mol. The van der Waals surface area contributed by atoms with Crippen LogP contribution in [0.5, 0.6) is 11.5 Å². The third-order valence-electron chi connectivity index (χ3n) is 7.35. The van der Waals surface area contributed by atoms with Crippen molar-refractivity contribution >= 4 is 23.5 Å². The second kappa shape index (κ2) is 9.47. The van der Waals surface area contributed by atoms with Crippen LogP contribution < -0.4 is 14.8 Å². The maximum atomic E-state index is 13.6. The molecule has 2 atom stereocenters. The molecule has 3 heterocycles. The second-order valence-corrected chi connectivity index (χ2v) is 9.72. The van der Waals surface area contributed by atoms with E-state index in [4.69, 9.17) is 21.1 Å². The first kappa shape index (κ1) is 23.0. The number of carbonyl (C=O) groups excluding carboxylic acids is 2. The molecule has 2 saturated heterocycles. The number of ether oxygens (including phenoxy) is 2. The zero-order valence-corrected chi connectivity index (χ0v) is 20.1. The molecule has 3 amide bonds. The van der Waals surface area contributed by atoms with Gasteiger partial charge in [-0.2, -0.15) is 0 Å². The molecule has 2 aromatic carbocycles. The molecule has 7 nitrogen and oxygen atoms in total. The van der Waals surface area contributed by atoms with Crippen molar-refractivity contribution in [3.8, 4) is 11.5 Å². The number of benzene rings is 2. The number of nitrogens with zero attached hydrogens (tertiary/aromatic N) is 2. The van der Waals surface area contributed by atoms with E-state index in [2.05, 4.69) is 16.3 Å². The summed E-state index contributed by atoms with van der Waals surface area (Å²) in [7, 11) is 0. The van der Waals surface area contributed by atoms with Crippen LogP contribution in [-0.2, 0) is 11.3 Å². The van der Waals surface area contributed by atoms with Crippen molar-refractivity contribution in [2.45, 2.75) is 44.4 Å². The maximum Gasteiger partial charge on any atom is 0.325 e. The molecule has 0 spiro atoms. The number of fused-ring (bicyclic) bond motifs is 1. The van der Waals surface area contributed by atoms with Crippen LogP contribution in [0.25, 0.3) is 0 Å². The summed E-state index contributed by atoms with van der Waals surface area (Å²) in [6, 6.07) is 15.0. The minimum Gasteiger partial charge on any atom is -0.486 e. The number of piperidine rings is 1. The van der Waals surface area contributed by atoms with Crippen molar-refractivity contribution in [1.82, 2.24) is 15.1 Å². The van der Waals surface area contributed by atoms with Crippen LogP contribution in [0.3, 0.4) is 0 Å². The lowest BCUT2D eigenvalue weighted by molar-refractivity contribution is -0.135. The number of hydrogen-bond acceptors (Lipinski definition) is 5. The number of halogens is 1. The minimum absolute atomic E-state index is 0.0886. The number of rotatable bonds is 6. The quantitative estimate of drug-likeness (QED) is 0.626. The number of carbonyl (C=O) groups is 2. The van der Waals surface area contributed by atoms with E-state index in [0.717, 1.165) is 43.1 Å². The lowest BCUT2D eigenvalue weighted by Gasteiger charge is -2.40. The molecule has 3 aliphatic heterocycles. The summed E-state index contributed by atoms with van der Waals surface area (Å²) in [6.07, 6.45) is 1.85. The van der Waals surface area contributed by atoms with Gasteiger partial charge in [0, 0.05) is 11.6 Å². The van der Waals surface area contributed by atoms with Crippen molar-refractivity contribution in [3.63, 3.8) is 0 Å². The predicted octanol–water partition coefficient (Wildman–Crippen LogP) is 4.09. The van der Waals surface area contributed by atoms with Gasteiger partial charge < -0.3 is 14.8 Å².